The SMILES string of the molecule is C=N/C(Cl)=N\C(F)(F)F. The van der Waals surface area contributed by atoms with Crippen molar-refractivity contribution in [3.8, 4) is 0 Å². The highest BCUT2D eigenvalue weighted by Crippen LogP contribution is 2.16. The number of nitrogens with zero attached hydrogens (tertiary/aromatic N) is 2. The molecular weight excluding hydrogens is 156 g/mol. The first-order valence-corrected chi connectivity index (χ1v) is 2.12. The van der Waals surface area contributed by atoms with Crippen LogP contribution in [0.2, 0.25) is 0 Å². The third-order valence-electron chi connectivity index (χ3n) is 0.350. The number of alkyl halides is 3. The quantitative estimate of drug-likeness (QED) is 0.292. The van der Waals surface area contributed by atoms with Gasteiger partial charge in [0.25, 0.3) is 0 Å². The van der Waals surface area contributed by atoms with Gasteiger partial charge in [0, 0.05) is 0 Å². The van der Waals surface area contributed by atoms with E-state index in [1.54, 1.807) is 0 Å². The van der Waals surface area contributed by atoms with Crippen molar-refractivity contribution in [3.63, 3.8) is 0 Å². The van der Waals surface area contributed by atoms with Crippen LogP contribution in [0.15, 0.2) is 9.98 Å². The van der Waals surface area contributed by atoms with Crippen molar-refractivity contribution >= 4 is 23.6 Å². The van der Waals surface area contributed by atoms with Gasteiger partial charge >= 0.3 is 6.30 Å². The summed E-state index contributed by atoms with van der Waals surface area (Å²) in [5.41, 5.74) is 0. The molecular formula is C3H2ClF3N2. The predicted octanol–water partition coefficient (Wildman–Crippen LogP) is 1.80. The Bertz CT molecular complexity index is 138. The highest BCUT2D eigenvalue weighted by Gasteiger charge is 2.26. The largest absolute Gasteiger partial charge is 0.505 e. The van der Waals surface area contributed by atoms with E-state index in [-0.39, 0.29) is 0 Å². The minimum Gasteiger partial charge on any atom is -0.235 e. The van der Waals surface area contributed by atoms with Crippen molar-refractivity contribution in [1.29, 1.82) is 0 Å². The molecule has 0 spiro atoms. The van der Waals surface area contributed by atoms with Crippen molar-refractivity contribution in [2.45, 2.75) is 6.30 Å². The molecule has 0 bridgehead atoms. The molecule has 52 valence electrons. The molecule has 0 saturated heterocycles. The standard InChI is InChI=1S/C3H2ClF3N2/c1-8-2(4)9-3(5,6)7/h1H2/b9-2-. The van der Waals surface area contributed by atoms with E-state index in [9.17, 15) is 13.2 Å². The fourth-order valence-corrected chi connectivity index (χ4v) is 0.236. The topological polar surface area (TPSA) is 24.7 Å². The Balaban J connectivity index is 4.11. The third kappa shape index (κ3) is 5.29. The first-order valence-electron chi connectivity index (χ1n) is 1.74. The molecule has 2 nitrogen and oxygen atoms in total. The van der Waals surface area contributed by atoms with Crippen molar-refractivity contribution in [2.24, 2.45) is 9.98 Å². The lowest BCUT2D eigenvalue weighted by Gasteiger charge is -1.95. The van der Waals surface area contributed by atoms with Crippen LogP contribution in [0.4, 0.5) is 13.2 Å². The van der Waals surface area contributed by atoms with Crippen LogP contribution in [-0.2, 0) is 0 Å². The summed E-state index contributed by atoms with van der Waals surface area (Å²) in [6.07, 6.45) is -4.65. The van der Waals surface area contributed by atoms with Crippen molar-refractivity contribution < 1.29 is 13.2 Å². The summed E-state index contributed by atoms with van der Waals surface area (Å²) >= 11 is 4.75. The molecule has 0 aromatic heterocycles. The van der Waals surface area contributed by atoms with E-state index < -0.39 is 11.6 Å². The van der Waals surface area contributed by atoms with Gasteiger partial charge in [0.15, 0.2) is 0 Å². The van der Waals surface area contributed by atoms with Gasteiger partial charge in [-0.1, -0.05) is 0 Å². The minimum atomic E-state index is -4.65. The Hall–Kier alpha value is -0.580. The molecule has 0 aliphatic rings. The Labute approximate surface area is 54.1 Å². The number of hydrogen-bond donors (Lipinski definition) is 0. The van der Waals surface area contributed by atoms with E-state index in [0.717, 1.165) is 0 Å². The molecule has 0 radical (unpaired) electrons. The van der Waals surface area contributed by atoms with E-state index in [1.807, 2.05) is 4.99 Å². The Morgan fingerprint density at radius 3 is 2.00 bits per heavy atom. The molecule has 0 heterocycles. The van der Waals surface area contributed by atoms with Crippen LogP contribution in [0, 0.1) is 0 Å². The van der Waals surface area contributed by atoms with Crippen molar-refractivity contribution in [3.05, 3.63) is 0 Å². The maximum atomic E-state index is 11.1. The molecule has 0 saturated carbocycles. The number of hydrogen-bond acceptors (Lipinski definition) is 1. The molecule has 0 unspecified atom stereocenters. The number of aliphatic imine (C=N–C) groups is 2. The molecule has 0 rings (SSSR count). The van der Waals surface area contributed by atoms with Gasteiger partial charge in [-0.25, -0.2) is 4.99 Å². The lowest BCUT2D eigenvalue weighted by Crippen LogP contribution is -2.03. The number of halogens is 4. The molecule has 9 heavy (non-hydrogen) atoms. The van der Waals surface area contributed by atoms with E-state index >= 15 is 0 Å². The maximum absolute atomic E-state index is 11.1. The second-order valence-electron chi connectivity index (χ2n) is 1.01. The molecule has 0 atom stereocenters. The molecule has 0 aromatic rings. The van der Waals surface area contributed by atoms with Crippen molar-refractivity contribution in [1.82, 2.24) is 0 Å². The van der Waals surface area contributed by atoms with E-state index in [2.05, 4.69) is 11.7 Å². The fraction of sp³-hybridized carbons (Fsp3) is 0.333. The van der Waals surface area contributed by atoms with Crippen LogP contribution in [0.5, 0.6) is 0 Å². The second kappa shape index (κ2) is 2.82. The summed E-state index contributed by atoms with van der Waals surface area (Å²) in [5.74, 6) is 0. The van der Waals surface area contributed by atoms with Gasteiger partial charge in [-0.3, -0.25) is 0 Å². The molecule has 0 amide bonds. The first kappa shape index (κ1) is 8.42. The smallest absolute Gasteiger partial charge is 0.235 e. The minimum absolute atomic E-state index is 0.900. The van der Waals surface area contributed by atoms with Gasteiger partial charge in [-0.15, -0.1) is 13.2 Å². The molecule has 0 aliphatic heterocycles. The van der Waals surface area contributed by atoms with E-state index in [0.29, 0.717) is 0 Å². The molecule has 0 fully saturated rings. The number of rotatable bonds is 0. The van der Waals surface area contributed by atoms with Crippen LogP contribution < -0.4 is 0 Å². The second-order valence-corrected chi connectivity index (χ2v) is 1.34. The third-order valence-corrected chi connectivity index (χ3v) is 0.554. The zero-order chi connectivity index (χ0) is 7.49. The van der Waals surface area contributed by atoms with E-state index in [1.165, 1.54) is 0 Å². The van der Waals surface area contributed by atoms with Gasteiger partial charge in [0.1, 0.15) is 0 Å². The van der Waals surface area contributed by atoms with Gasteiger partial charge in [0.05, 0.1) is 0 Å². The first-order chi connectivity index (χ1) is 3.95. The normalized spacial score (nSPS) is 13.6. The highest BCUT2D eigenvalue weighted by molar-refractivity contribution is 6.65. The van der Waals surface area contributed by atoms with Crippen LogP contribution in [0.25, 0.3) is 0 Å². The van der Waals surface area contributed by atoms with E-state index in [4.69, 9.17) is 11.6 Å². The molecule has 0 aliphatic carbocycles. The van der Waals surface area contributed by atoms with Gasteiger partial charge in [0.2, 0.25) is 5.29 Å². The Kier molecular flexibility index (Phi) is 2.64. The van der Waals surface area contributed by atoms with Crippen LogP contribution in [0.3, 0.4) is 0 Å². The fourth-order valence-electron chi connectivity index (χ4n) is 0.140. The summed E-state index contributed by atoms with van der Waals surface area (Å²) in [5, 5.41) is -0.900. The predicted molar refractivity (Wildman–Crippen MR) is 28.9 cm³/mol. The van der Waals surface area contributed by atoms with Crippen molar-refractivity contribution in [2.75, 3.05) is 0 Å². The van der Waals surface area contributed by atoms with Gasteiger partial charge in [-0.2, -0.15) is 4.99 Å². The van der Waals surface area contributed by atoms with Crippen LogP contribution in [0.1, 0.15) is 0 Å². The lowest BCUT2D eigenvalue weighted by molar-refractivity contribution is -0.119. The summed E-state index contributed by atoms with van der Waals surface area (Å²) < 4.78 is 33.4. The molecule has 6 heteroatoms. The molecule has 0 aromatic carbocycles. The lowest BCUT2D eigenvalue weighted by atomic mass is 11.1. The monoisotopic (exact) mass is 158 g/mol. The van der Waals surface area contributed by atoms with Gasteiger partial charge in [-0.05, 0) is 18.3 Å². The van der Waals surface area contributed by atoms with Gasteiger partial charge < -0.3 is 0 Å². The summed E-state index contributed by atoms with van der Waals surface area (Å²) in [7, 11) is 0. The average molecular weight is 159 g/mol. The van der Waals surface area contributed by atoms with Crippen LogP contribution in [-0.4, -0.2) is 18.3 Å². The Morgan fingerprint density at radius 1 is 1.44 bits per heavy atom. The molecule has 0 N–H and O–H groups in total. The average Bonchev–Trinajstić information content (AvgIpc) is 1.62. The maximum Gasteiger partial charge on any atom is 0.505 e. The zero-order valence-electron chi connectivity index (χ0n) is 4.11. The number of amidine groups is 1. The summed E-state index contributed by atoms with van der Waals surface area (Å²) in [6.45, 7) is 2.73. The van der Waals surface area contributed by atoms with Crippen LogP contribution >= 0.6 is 11.6 Å². The summed E-state index contributed by atoms with van der Waals surface area (Å²) in [6, 6.07) is 0. The summed E-state index contributed by atoms with van der Waals surface area (Å²) in [4.78, 5) is 4.70. The Morgan fingerprint density at radius 2 is 1.89 bits per heavy atom. The highest BCUT2D eigenvalue weighted by atomic mass is 35.5. The zero-order valence-corrected chi connectivity index (χ0v) is 4.87.